The third-order valence-electron chi connectivity index (χ3n) is 3.77. The van der Waals surface area contributed by atoms with E-state index in [-0.39, 0.29) is 37.1 Å². The largest absolute Gasteiger partial charge is 0.434 e. The molecule has 0 fully saturated rings. The third-order valence-corrected chi connectivity index (χ3v) is 4.62. The van der Waals surface area contributed by atoms with Crippen molar-refractivity contribution in [3.63, 3.8) is 0 Å². The molecule has 2 aromatic heterocycles. The molecule has 0 radical (unpaired) electrons. The molecule has 0 aromatic carbocycles. The van der Waals surface area contributed by atoms with E-state index in [1.54, 1.807) is 0 Å². The molecular formula is C16H25F3IN7OS. The van der Waals surface area contributed by atoms with Crippen molar-refractivity contribution < 1.29 is 17.9 Å². The minimum Gasteiger partial charge on any atom is -0.382 e. The maximum atomic E-state index is 12.7. The summed E-state index contributed by atoms with van der Waals surface area (Å²) in [5.74, 6) is 1.91. The molecule has 0 atom stereocenters. The fourth-order valence-electron chi connectivity index (χ4n) is 2.12. The second kappa shape index (κ2) is 12.3. The maximum absolute atomic E-state index is 12.7. The van der Waals surface area contributed by atoms with Crippen molar-refractivity contribution in [2.24, 2.45) is 12.0 Å². The van der Waals surface area contributed by atoms with Gasteiger partial charge >= 0.3 is 6.18 Å². The molecular weight excluding hydrogens is 522 g/mol. The van der Waals surface area contributed by atoms with Gasteiger partial charge in [0.05, 0.1) is 6.54 Å². The number of nitrogens with one attached hydrogen (secondary N) is 2. The SMILES string of the molecule is CCOCCCNC(=NCc1nnc(C)n1C)NCc1nc(C(F)(F)F)cs1.I. The molecule has 0 bridgehead atoms. The fourth-order valence-corrected chi connectivity index (χ4v) is 2.86. The smallest absolute Gasteiger partial charge is 0.382 e. The van der Waals surface area contributed by atoms with Crippen LogP contribution in [0.25, 0.3) is 0 Å². The number of hydrogen-bond acceptors (Lipinski definition) is 6. The summed E-state index contributed by atoms with van der Waals surface area (Å²) in [4.78, 5) is 8.05. The van der Waals surface area contributed by atoms with Gasteiger partial charge in [-0.05, 0) is 20.3 Å². The van der Waals surface area contributed by atoms with E-state index >= 15 is 0 Å². The highest BCUT2D eigenvalue weighted by molar-refractivity contribution is 14.0. The Balaban J connectivity index is 0.00000420. The van der Waals surface area contributed by atoms with Crippen LogP contribution in [-0.2, 0) is 31.1 Å². The standard InChI is InChI=1S/C16H24F3N7OS.HI/c1-4-27-7-5-6-20-15(21-8-13-25-24-11(2)26(13)3)22-9-14-23-12(10-28-14)16(17,18)19;/h10H,4-9H2,1-3H3,(H2,20,21,22);1H. The van der Waals surface area contributed by atoms with Crippen LogP contribution in [0.2, 0.25) is 0 Å². The molecule has 29 heavy (non-hydrogen) atoms. The molecule has 0 aliphatic carbocycles. The van der Waals surface area contributed by atoms with Crippen molar-refractivity contribution >= 4 is 41.3 Å². The monoisotopic (exact) mass is 547 g/mol. The van der Waals surface area contributed by atoms with E-state index in [1.165, 1.54) is 0 Å². The Morgan fingerprint density at radius 1 is 1.31 bits per heavy atom. The summed E-state index contributed by atoms with van der Waals surface area (Å²) in [6.45, 7) is 6.05. The molecule has 0 amide bonds. The van der Waals surface area contributed by atoms with Gasteiger partial charge in [-0.25, -0.2) is 9.98 Å². The van der Waals surface area contributed by atoms with Crippen molar-refractivity contribution in [3.05, 3.63) is 27.7 Å². The Labute approximate surface area is 188 Å². The van der Waals surface area contributed by atoms with E-state index in [9.17, 15) is 13.2 Å². The molecule has 0 spiro atoms. The van der Waals surface area contributed by atoms with Crippen LogP contribution in [0.1, 0.15) is 35.7 Å². The van der Waals surface area contributed by atoms with Crippen LogP contribution in [0.3, 0.4) is 0 Å². The van der Waals surface area contributed by atoms with Gasteiger partial charge in [-0.3, -0.25) is 0 Å². The first-order valence-corrected chi connectivity index (χ1v) is 9.65. The summed E-state index contributed by atoms with van der Waals surface area (Å²) in [7, 11) is 1.84. The van der Waals surface area contributed by atoms with Gasteiger partial charge in [0.2, 0.25) is 0 Å². The highest BCUT2D eigenvalue weighted by Gasteiger charge is 2.33. The maximum Gasteiger partial charge on any atom is 0.434 e. The van der Waals surface area contributed by atoms with E-state index in [1.807, 2.05) is 25.5 Å². The number of halogens is 4. The number of aliphatic imine (C=N–C) groups is 1. The van der Waals surface area contributed by atoms with Crippen LogP contribution in [0.4, 0.5) is 13.2 Å². The first-order valence-electron chi connectivity index (χ1n) is 8.77. The lowest BCUT2D eigenvalue weighted by Crippen LogP contribution is -2.38. The number of aromatic nitrogens is 4. The van der Waals surface area contributed by atoms with Gasteiger partial charge in [0.1, 0.15) is 17.4 Å². The number of ether oxygens (including phenoxy) is 1. The number of alkyl halides is 3. The lowest BCUT2D eigenvalue weighted by atomic mass is 10.4. The summed E-state index contributed by atoms with van der Waals surface area (Å²) in [6.07, 6.45) is -3.67. The molecule has 164 valence electrons. The van der Waals surface area contributed by atoms with Crippen molar-refractivity contribution in [3.8, 4) is 0 Å². The predicted octanol–water partition coefficient (Wildman–Crippen LogP) is 2.88. The summed E-state index contributed by atoms with van der Waals surface area (Å²) in [6, 6.07) is 0. The Morgan fingerprint density at radius 2 is 2.07 bits per heavy atom. The van der Waals surface area contributed by atoms with E-state index in [2.05, 4.69) is 30.8 Å². The molecule has 0 aliphatic heterocycles. The average Bonchev–Trinajstić information content (AvgIpc) is 3.25. The number of guanidine groups is 1. The fraction of sp³-hybridized carbons (Fsp3) is 0.625. The molecule has 8 nitrogen and oxygen atoms in total. The predicted molar refractivity (Wildman–Crippen MR) is 115 cm³/mol. The van der Waals surface area contributed by atoms with Crippen LogP contribution in [0.5, 0.6) is 0 Å². The zero-order chi connectivity index (χ0) is 20.6. The van der Waals surface area contributed by atoms with Crippen molar-refractivity contribution in [1.29, 1.82) is 0 Å². The Morgan fingerprint density at radius 3 is 2.66 bits per heavy atom. The summed E-state index contributed by atoms with van der Waals surface area (Å²) in [5, 5.41) is 15.5. The number of hydrogen-bond donors (Lipinski definition) is 2. The van der Waals surface area contributed by atoms with E-state index in [0.29, 0.717) is 36.6 Å². The number of thiazole rings is 1. The molecule has 2 rings (SSSR count). The van der Waals surface area contributed by atoms with Crippen LogP contribution in [0.15, 0.2) is 10.4 Å². The van der Waals surface area contributed by atoms with Crippen LogP contribution >= 0.6 is 35.3 Å². The van der Waals surface area contributed by atoms with Crippen LogP contribution < -0.4 is 10.6 Å². The second-order valence-electron chi connectivity index (χ2n) is 5.84. The highest BCUT2D eigenvalue weighted by atomic mass is 127. The van der Waals surface area contributed by atoms with E-state index in [4.69, 9.17) is 4.74 Å². The minimum absolute atomic E-state index is 0. The molecule has 2 aromatic rings. The highest BCUT2D eigenvalue weighted by Crippen LogP contribution is 2.29. The number of nitrogens with zero attached hydrogens (tertiary/aromatic N) is 5. The molecule has 2 heterocycles. The Kier molecular flexibility index (Phi) is 10.8. The van der Waals surface area contributed by atoms with Crippen molar-refractivity contribution in [1.82, 2.24) is 30.4 Å². The molecule has 13 heteroatoms. The molecule has 0 aliphatic rings. The summed E-state index contributed by atoms with van der Waals surface area (Å²) < 4.78 is 45.1. The third kappa shape index (κ3) is 8.42. The quantitative estimate of drug-likeness (QED) is 0.217. The van der Waals surface area contributed by atoms with E-state index < -0.39 is 11.9 Å². The van der Waals surface area contributed by atoms with Gasteiger partial charge in [0.25, 0.3) is 0 Å². The number of rotatable bonds is 9. The van der Waals surface area contributed by atoms with Gasteiger partial charge < -0.3 is 19.9 Å². The van der Waals surface area contributed by atoms with Gasteiger partial charge in [-0.2, -0.15) is 13.2 Å². The zero-order valence-electron chi connectivity index (χ0n) is 16.4. The van der Waals surface area contributed by atoms with Crippen molar-refractivity contribution in [2.75, 3.05) is 19.8 Å². The minimum atomic E-state index is -4.44. The molecule has 0 saturated heterocycles. The second-order valence-corrected chi connectivity index (χ2v) is 6.78. The zero-order valence-corrected chi connectivity index (χ0v) is 19.6. The lowest BCUT2D eigenvalue weighted by molar-refractivity contribution is -0.140. The molecule has 2 N–H and O–H groups in total. The van der Waals surface area contributed by atoms with E-state index in [0.717, 1.165) is 29.0 Å². The molecule has 0 unspecified atom stereocenters. The first kappa shape index (κ1) is 25.6. The van der Waals surface area contributed by atoms with Gasteiger partial charge in [0, 0.05) is 32.2 Å². The van der Waals surface area contributed by atoms with Gasteiger partial charge in [-0.1, -0.05) is 0 Å². The number of aryl methyl sites for hydroxylation is 1. The lowest BCUT2D eigenvalue weighted by Gasteiger charge is -2.12. The first-order chi connectivity index (χ1) is 13.3. The Hall–Kier alpha value is -1.48. The summed E-state index contributed by atoms with van der Waals surface area (Å²) >= 11 is 0.951. The Bertz CT molecular complexity index is 779. The van der Waals surface area contributed by atoms with Crippen LogP contribution in [0, 0.1) is 6.92 Å². The van der Waals surface area contributed by atoms with Gasteiger partial charge in [-0.15, -0.1) is 45.5 Å². The molecule has 0 saturated carbocycles. The topological polar surface area (TPSA) is 89.2 Å². The normalized spacial score (nSPS) is 12.0. The van der Waals surface area contributed by atoms with Gasteiger partial charge in [0.15, 0.2) is 17.5 Å². The van der Waals surface area contributed by atoms with Crippen molar-refractivity contribution in [2.45, 2.75) is 39.5 Å². The van der Waals surface area contributed by atoms with Crippen LogP contribution in [-0.4, -0.2) is 45.5 Å². The summed E-state index contributed by atoms with van der Waals surface area (Å²) in [5.41, 5.74) is -0.882. The average molecular weight is 547 g/mol.